The second kappa shape index (κ2) is 5.27. The molecule has 1 aromatic heterocycles. The van der Waals surface area contributed by atoms with Gasteiger partial charge in [-0.15, -0.1) is 11.3 Å². The number of hydrogen-bond acceptors (Lipinski definition) is 4. The van der Waals surface area contributed by atoms with E-state index in [9.17, 15) is 0 Å². The number of rotatable bonds is 2. The predicted molar refractivity (Wildman–Crippen MR) is 75.9 cm³/mol. The number of nitrogens with one attached hydrogen (secondary N) is 1. The Morgan fingerprint density at radius 3 is 2.94 bits per heavy atom. The summed E-state index contributed by atoms with van der Waals surface area (Å²) in [6.07, 6.45) is 6.82. The van der Waals surface area contributed by atoms with Crippen LogP contribution in [0.4, 0.5) is 0 Å². The van der Waals surface area contributed by atoms with Gasteiger partial charge in [-0.2, -0.15) is 0 Å². The van der Waals surface area contributed by atoms with Crippen LogP contribution in [-0.2, 0) is 6.54 Å². The summed E-state index contributed by atoms with van der Waals surface area (Å²) in [5, 5.41) is 3.83. The Hall–Kier alpha value is -0.450. The van der Waals surface area contributed by atoms with Crippen LogP contribution in [-0.4, -0.2) is 35.1 Å². The minimum Gasteiger partial charge on any atom is -0.310 e. The maximum absolute atomic E-state index is 4.37. The molecule has 18 heavy (non-hydrogen) atoms. The second-order valence-corrected chi connectivity index (χ2v) is 6.78. The molecule has 1 saturated heterocycles. The maximum Gasteiger partial charge on any atom is 0.0798 e. The summed E-state index contributed by atoms with van der Waals surface area (Å²) < 4.78 is 0. The third kappa shape index (κ3) is 2.60. The summed E-state index contributed by atoms with van der Waals surface area (Å²) in [5.74, 6) is 0. The van der Waals surface area contributed by atoms with Gasteiger partial charge < -0.3 is 5.32 Å². The van der Waals surface area contributed by atoms with Crippen molar-refractivity contribution in [2.45, 2.75) is 51.1 Å². The van der Waals surface area contributed by atoms with Crippen molar-refractivity contribution < 1.29 is 0 Å². The molecule has 2 fully saturated rings. The summed E-state index contributed by atoms with van der Waals surface area (Å²) in [5.41, 5.74) is 3.62. The lowest BCUT2D eigenvalue weighted by molar-refractivity contribution is 0.204. The fourth-order valence-corrected chi connectivity index (χ4v) is 4.24. The molecule has 1 saturated carbocycles. The van der Waals surface area contributed by atoms with Crippen LogP contribution in [0.25, 0.3) is 0 Å². The Labute approximate surface area is 114 Å². The molecule has 1 spiro atoms. The summed E-state index contributed by atoms with van der Waals surface area (Å²) in [6.45, 7) is 6.88. The van der Waals surface area contributed by atoms with E-state index in [1.807, 2.05) is 16.8 Å². The number of aryl methyl sites for hydroxylation is 1. The third-order valence-corrected chi connectivity index (χ3v) is 5.37. The second-order valence-electron chi connectivity index (χ2n) is 5.84. The number of hydrogen-bond donors (Lipinski definition) is 1. The van der Waals surface area contributed by atoms with E-state index in [2.05, 4.69) is 22.1 Å². The fraction of sp³-hybridized carbons (Fsp3) is 0.786. The molecule has 0 unspecified atom stereocenters. The molecule has 3 rings (SSSR count). The molecule has 0 atom stereocenters. The maximum atomic E-state index is 4.37. The van der Waals surface area contributed by atoms with Crippen molar-refractivity contribution in [1.82, 2.24) is 15.2 Å². The minimum absolute atomic E-state index is 0.426. The van der Waals surface area contributed by atoms with Gasteiger partial charge in [0.05, 0.1) is 11.2 Å². The lowest BCUT2D eigenvalue weighted by Gasteiger charge is -2.33. The van der Waals surface area contributed by atoms with Gasteiger partial charge in [0.25, 0.3) is 0 Å². The quantitative estimate of drug-likeness (QED) is 0.891. The molecule has 1 aromatic rings. The molecule has 0 bridgehead atoms. The molecular formula is C14H23N3S. The van der Waals surface area contributed by atoms with Crippen LogP contribution < -0.4 is 5.32 Å². The van der Waals surface area contributed by atoms with Crippen LogP contribution in [0.3, 0.4) is 0 Å². The van der Waals surface area contributed by atoms with Gasteiger partial charge in [-0.05, 0) is 39.3 Å². The Bertz CT molecular complexity index is 395. The van der Waals surface area contributed by atoms with Crippen molar-refractivity contribution in [2.75, 3.05) is 19.6 Å². The first-order chi connectivity index (χ1) is 8.77. The molecule has 0 amide bonds. The normalized spacial score (nSPS) is 24.5. The lowest BCUT2D eigenvalue weighted by atomic mass is 9.97. The molecule has 4 heteroatoms. The zero-order valence-electron chi connectivity index (χ0n) is 11.2. The van der Waals surface area contributed by atoms with Crippen molar-refractivity contribution in [1.29, 1.82) is 0 Å². The summed E-state index contributed by atoms with van der Waals surface area (Å²) in [7, 11) is 0. The van der Waals surface area contributed by atoms with E-state index in [4.69, 9.17) is 0 Å². The van der Waals surface area contributed by atoms with E-state index in [1.54, 1.807) is 0 Å². The Kier molecular flexibility index (Phi) is 3.68. The van der Waals surface area contributed by atoms with E-state index in [-0.39, 0.29) is 0 Å². The van der Waals surface area contributed by atoms with Crippen LogP contribution in [0.1, 0.15) is 42.7 Å². The third-order valence-electron chi connectivity index (χ3n) is 4.45. The van der Waals surface area contributed by atoms with Crippen LogP contribution in [0.2, 0.25) is 0 Å². The fourth-order valence-electron chi connectivity index (χ4n) is 3.42. The van der Waals surface area contributed by atoms with Gasteiger partial charge in [-0.25, -0.2) is 4.98 Å². The van der Waals surface area contributed by atoms with Crippen LogP contribution in [0.15, 0.2) is 5.51 Å². The molecule has 1 aliphatic heterocycles. The predicted octanol–water partition coefficient (Wildman–Crippen LogP) is 2.56. The average molecular weight is 265 g/mol. The van der Waals surface area contributed by atoms with Gasteiger partial charge in [0.2, 0.25) is 0 Å². The first-order valence-corrected chi connectivity index (χ1v) is 8.02. The Morgan fingerprint density at radius 1 is 1.39 bits per heavy atom. The van der Waals surface area contributed by atoms with Crippen molar-refractivity contribution in [3.8, 4) is 0 Å². The SMILES string of the molecule is Cc1ncsc1CN1CCCNC2(CCCC2)C1. The molecule has 1 aliphatic carbocycles. The van der Waals surface area contributed by atoms with Gasteiger partial charge >= 0.3 is 0 Å². The van der Waals surface area contributed by atoms with Crippen LogP contribution in [0.5, 0.6) is 0 Å². The molecule has 0 aromatic carbocycles. The molecule has 2 heterocycles. The highest BCUT2D eigenvalue weighted by Gasteiger charge is 2.36. The van der Waals surface area contributed by atoms with Crippen molar-refractivity contribution >= 4 is 11.3 Å². The van der Waals surface area contributed by atoms with Gasteiger partial charge in [0.15, 0.2) is 0 Å². The van der Waals surface area contributed by atoms with E-state index in [0.29, 0.717) is 5.54 Å². The standard InChI is InChI=1S/C14H23N3S/c1-12-13(18-11-15-12)9-17-8-4-7-16-14(10-17)5-2-3-6-14/h11,16H,2-10H2,1H3. The van der Waals surface area contributed by atoms with E-state index >= 15 is 0 Å². The minimum atomic E-state index is 0.426. The molecule has 2 aliphatic rings. The molecule has 3 nitrogen and oxygen atoms in total. The van der Waals surface area contributed by atoms with Gasteiger partial charge in [0.1, 0.15) is 0 Å². The summed E-state index contributed by atoms with van der Waals surface area (Å²) in [6, 6.07) is 0. The summed E-state index contributed by atoms with van der Waals surface area (Å²) >= 11 is 1.81. The number of aromatic nitrogens is 1. The topological polar surface area (TPSA) is 28.2 Å². The van der Waals surface area contributed by atoms with Crippen LogP contribution in [0, 0.1) is 6.92 Å². The highest BCUT2D eigenvalue weighted by atomic mass is 32.1. The lowest BCUT2D eigenvalue weighted by Crippen LogP contribution is -2.49. The molecule has 1 N–H and O–H groups in total. The monoisotopic (exact) mass is 265 g/mol. The van der Waals surface area contributed by atoms with E-state index in [0.717, 1.165) is 6.54 Å². The highest BCUT2D eigenvalue weighted by Crippen LogP contribution is 2.32. The molecular weight excluding hydrogens is 242 g/mol. The van der Waals surface area contributed by atoms with Gasteiger partial charge in [0, 0.05) is 23.5 Å². The molecule has 0 radical (unpaired) electrons. The first-order valence-electron chi connectivity index (χ1n) is 7.14. The Balaban J connectivity index is 1.69. The van der Waals surface area contributed by atoms with E-state index in [1.165, 1.54) is 62.3 Å². The highest BCUT2D eigenvalue weighted by molar-refractivity contribution is 7.09. The van der Waals surface area contributed by atoms with Crippen molar-refractivity contribution in [3.05, 3.63) is 16.1 Å². The summed E-state index contributed by atoms with van der Waals surface area (Å²) in [4.78, 5) is 8.46. The molecule has 100 valence electrons. The van der Waals surface area contributed by atoms with Gasteiger partial charge in [-0.3, -0.25) is 4.90 Å². The number of thiazole rings is 1. The average Bonchev–Trinajstić information content (AvgIpc) is 2.90. The van der Waals surface area contributed by atoms with E-state index < -0.39 is 0 Å². The number of nitrogens with zero attached hydrogens (tertiary/aromatic N) is 2. The Morgan fingerprint density at radius 2 is 2.22 bits per heavy atom. The van der Waals surface area contributed by atoms with Gasteiger partial charge in [-0.1, -0.05) is 12.8 Å². The largest absolute Gasteiger partial charge is 0.310 e. The zero-order valence-corrected chi connectivity index (χ0v) is 12.1. The first kappa shape index (κ1) is 12.6. The van der Waals surface area contributed by atoms with Crippen LogP contribution >= 0.6 is 11.3 Å². The zero-order chi connectivity index (χ0) is 12.4. The smallest absolute Gasteiger partial charge is 0.0798 e. The van der Waals surface area contributed by atoms with Crippen molar-refractivity contribution in [3.63, 3.8) is 0 Å². The van der Waals surface area contributed by atoms with Crippen molar-refractivity contribution in [2.24, 2.45) is 0 Å².